The average Bonchev–Trinajstić information content (AvgIpc) is 2.49. The minimum absolute atomic E-state index is 0.0161. The van der Waals surface area contributed by atoms with Crippen molar-refractivity contribution in [2.75, 3.05) is 13.6 Å². The van der Waals surface area contributed by atoms with E-state index in [1.165, 1.54) is 31.2 Å². The molecule has 4 fully saturated rings. The van der Waals surface area contributed by atoms with Gasteiger partial charge in [0.25, 0.3) is 0 Å². The van der Waals surface area contributed by atoms with E-state index in [0.29, 0.717) is 17.8 Å². The van der Waals surface area contributed by atoms with Gasteiger partial charge >= 0.3 is 5.97 Å². The second-order valence-corrected chi connectivity index (χ2v) is 8.98. The normalized spacial score (nSPS) is 34.0. The molecule has 0 heterocycles. The third kappa shape index (κ3) is 3.53. The van der Waals surface area contributed by atoms with Gasteiger partial charge < -0.3 is 15.3 Å². The van der Waals surface area contributed by atoms with Crippen LogP contribution in [0.4, 0.5) is 0 Å². The summed E-state index contributed by atoms with van der Waals surface area (Å²) in [5.74, 6) is 0.560. The van der Waals surface area contributed by atoms with Gasteiger partial charge in [-0.2, -0.15) is 0 Å². The number of carboxylic acids is 1. The molecule has 2 N–H and O–H groups in total. The number of aliphatic carboxylic acids is 1. The van der Waals surface area contributed by atoms with Crippen LogP contribution in [-0.2, 0) is 14.4 Å². The number of carbonyl (C=O) groups is 3. The first-order valence-corrected chi connectivity index (χ1v) is 9.48. The van der Waals surface area contributed by atoms with E-state index in [4.69, 9.17) is 5.11 Å². The summed E-state index contributed by atoms with van der Waals surface area (Å²) in [6, 6.07) is -0.662. The Morgan fingerprint density at radius 3 is 1.96 bits per heavy atom. The maximum Gasteiger partial charge on any atom is 0.323 e. The van der Waals surface area contributed by atoms with Crippen molar-refractivity contribution < 1.29 is 19.5 Å². The van der Waals surface area contributed by atoms with E-state index in [1.807, 2.05) is 13.8 Å². The van der Waals surface area contributed by atoms with Crippen LogP contribution in [0.1, 0.15) is 52.4 Å². The zero-order valence-electron chi connectivity index (χ0n) is 15.5. The van der Waals surface area contributed by atoms with Gasteiger partial charge in [-0.25, -0.2) is 0 Å². The number of carbonyl (C=O) groups excluding carboxylic acids is 2. The van der Waals surface area contributed by atoms with Crippen LogP contribution in [0.5, 0.6) is 0 Å². The Hall–Kier alpha value is -1.59. The summed E-state index contributed by atoms with van der Waals surface area (Å²) in [5, 5.41) is 11.9. The molecule has 0 spiro atoms. The van der Waals surface area contributed by atoms with Gasteiger partial charge in [0.1, 0.15) is 12.6 Å². The van der Waals surface area contributed by atoms with E-state index in [-0.39, 0.29) is 29.7 Å². The molecule has 2 amide bonds. The monoisotopic (exact) mass is 350 g/mol. The smallest absolute Gasteiger partial charge is 0.323 e. The van der Waals surface area contributed by atoms with E-state index in [0.717, 1.165) is 19.3 Å². The molecule has 4 rings (SSSR count). The first kappa shape index (κ1) is 18.2. The van der Waals surface area contributed by atoms with Crippen LogP contribution in [0.2, 0.25) is 0 Å². The Kier molecular flexibility index (Phi) is 4.82. The van der Waals surface area contributed by atoms with Crippen molar-refractivity contribution in [1.82, 2.24) is 10.2 Å². The molecule has 4 saturated carbocycles. The quantitative estimate of drug-likeness (QED) is 0.766. The molecule has 25 heavy (non-hydrogen) atoms. The van der Waals surface area contributed by atoms with E-state index >= 15 is 0 Å². The molecular weight excluding hydrogens is 320 g/mol. The molecule has 4 bridgehead atoms. The number of carboxylic acid groups (broad SMARTS) is 1. The molecule has 0 saturated heterocycles. The van der Waals surface area contributed by atoms with Gasteiger partial charge in [-0.1, -0.05) is 13.8 Å². The summed E-state index contributed by atoms with van der Waals surface area (Å²) in [5.41, 5.74) is -0.298. The lowest BCUT2D eigenvalue weighted by molar-refractivity contribution is -0.151. The van der Waals surface area contributed by atoms with Gasteiger partial charge in [0, 0.05) is 12.5 Å². The minimum atomic E-state index is -1.05. The Bertz CT molecular complexity index is 536. The number of amides is 2. The van der Waals surface area contributed by atoms with Gasteiger partial charge in [-0.05, 0) is 62.2 Å². The molecule has 6 nitrogen and oxygen atoms in total. The van der Waals surface area contributed by atoms with Gasteiger partial charge in [-0.3, -0.25) is 14.4 Å². The summed E-state index contributed by atoms with van der Waals surface area (Å²) in [6.45, 7) is 3.42. The molecule has 0 aromatic carbocycles. The highest BCUT2D eigenvalue weighted by molar-refractivity contribution is 5.91. The average molecular weight is 350 g/mol. The number of rotatable bonds is 6. The number of nitrogens with one attached hydrogen (secondary N) is 1. The predicted octanol–water partition coefficient (Wildman–Crippen LogP) is 1.89. The topological polar surface area (TPSA) is 86.7 Å². The van der Waals surface area contributed by atoms with Crippen molar-refractivity contribution in [2.45, 2.75) is 58.4 Å². The van der Waals surface area contributed by atoms with Crippen LogP contribution < -0.4 is 5.32 Å². The van der Waals surface area contributed by atoms with Crippen molar-refractivity contribution in [2.24, 2.45) is 29.1 Å². The molecule has 0 radical (unpaired) electrons. The second-order valence-electron chi connectivity index (χ2n) is 8.98. The Balaban J connectivity index is 1.71. The molecule has 4 aliphatic carbocycles. The van der Waals surface area contributed by atoms with Crippen LogP contribution in [0.3, 0.4) is 0 Å². The van der Waals surface area contributed by atoms with Crippen LogP contribution in [0.25, 0.3) is 0 Å². The lowest BCUT2D eigenvalue weighted by atomic mass is 9.49. The zero-order valence-corrected chi connectivity index (χ0v) is 15.5. The van der Waals surface area contributed by atoms with E-state index in [1.54, 1.807) is 0 Å². The number of hydrogen-bond acceptors (Lipinski definition) is 3. The fourth-order valence-corrected chi connectivity index (χ4v) is 5.71. The molecule has 0 aromatic heterocycles. The van der Waals surface area contributed by atoms with Crippen LogP contribution in [-0.4, -0.2) is 47.4 Å². The first-order chi connectivity index (χ1) is 11.7. The maximum atomic E-state index is 13.2. The first-order valence-electron chi connectivity index (χ1n) is 9.48. The fraction of sp³-hybridized carbons (Fsp3) is 0.842. The Labute approximate surface area is 149 Å². The highest BCUT2D eigenvalue weighted by atomic mass is 16.4. The maximum absolute atomic E-state index is 13.2. The molecule has 1 atom stereocenters. The van der Waals surface area contributed by atoms with E-state index < -0.39 is 12.0 Å². The van der Waals surface area contributed by atoms with Crippen molar-refractivity contribution in [3.05, 3.63) is 0 Å². The third-order valence-electron chi connectivity index (χ3n) is 6.49. The Morgan fingerprint density at radius 1 is 1.08 bits per heavy atom. The molecule has 6 heteroatoms. The van der Waals surface area contributed by atoms with Gasteiger partial charge in [-0.15, -0.1) is 0 Å². The molecule has 140 valence electrons. The second kappa shape index (κ2) is 6.61. The lowest BCUT2D eigenvalue weighted by Crippen LogP contribution is -2.58. The van der Waals surface area contributed by atoms with Crippen molar-refractivity contribution in [3.8, 4) is 0 Å². The largest absolute Gasteiger partial charge is 0.480 e. The summed E-state index contributed by atoms with van der Waals surface area (Å²) < 4.78 is 0. The third-order valence-corrected chi connectivity index (χ3v) is 6.49. The van der Waals surface area contributed by atoms with Crippen LogP contribution >= 0.6 is 0 Å². The van der Waals surface area contributed by atoms with E-state index in [9.17, 15) is 14.4 Å². The molecule has 1 unspecified atom stereocenters. The van der Waals surface area contributed by atoms with Gasteiger partial charge in [0.05, 0.1) is 0 Å². The molecule has 0 aromatic rings. The fourth-order valence-electron chi connectivity index (χ4n) is 5.71. The SMILES string of the molecule is CC(C)C(NC(=O)C12CC3CC(CC(C3)C1)C2)C(=O)N(C)CC(=O)O. The number of likely N-dealkylation sites (N-methyl/N-ethyl adjacent to an activating group) is 1. The number of hydrogen-bond donors (Lipinski definition) is 2. The highest BCUT2D eigenvalue weighted by Gasteiger charge is 2.55. The van der Waals surface area contributed by atoms with E-state index in [2.05, 4.69) is 5.32 Å². The van der Waals surface area contributed by atoms with Crippen LogP contribution in [0, 0.1) is 29.1 Å². The minimum Gasteiger partial charge on any atom is -0.480 e. The molecule has 4 aliphatic rings. The summed E-state index contributed by atoms with van der Waals surface area (Å²) in [4.78, 5) is 37.9. The Morgan fingerprint density at radius 2 is 1.56 bits per heavy atom. The zero-order chi connectivity index (χ0) is 18.4. The van der Waals surface area contributed by atoms with Crippen molar-refractivity contribution >= 4 is 17.8 Å². The molecule has 0 aliphatic heterocycles. The van der Waals surface area contributed by atoms with Gasteiger partial charge in [0.2, 0.25) is 11.8 Å². The summed E-state index contributed by atoms with van der Waals surface area (Å²) in [6.07, 6.45) is 6.65. The number of nitrogens with zero attached hydrogens (tertiary/aromatic N) is 1. The lowest BCUT2D eigenvalue weighted by Gasteiger charge is -2.56. The van der Waals surface area contributed by atoms with Crippen molar-refractivity contribution in [1.29, 1.82) is 0 Å². The summed E-state index contributed by atoms with van der Waals surface area (Å²) >= 11 is 0. The summed E-state index contributed by atoms with van der Waals surface area (Å²) in [7, 11) is 1.47. The van der Waals surface area contributed by atoms with Gasteiger partial charge in [0.15, 0.2) is 0 Å². The van der Waals surface area contributed by atoms with Crippen LogP contribution in [0.15, 0.2) is 0 Å². The molecular formula is C19H30N2O4. The van der Waals surface area contributed by atoms with Crippen molar-refractivity contribution in [3.63, 3.8) is 0 Å². The highest BCUT2D eigenvalue weighted by Crippen LogP contribution is 2.60. The predicted molar refractivity (Wildman–Crippen MR) is 92.6 cm³/mol. The standard InChI is InChI=1S/C19H30N2O4/c1-11(2)16(17(24)21(3)10-15(22)23)20-18(25)19-7-12-4-13(8-19)6-14(5-12)9-19/h11-14,16H,4-10H2,1-3H3,(H,20,25)(H,22,23).